The SMILES string of the molecule is CC(C)C(C)(S)C(C)C. The largest absolute Gasteiger partial charge is 0.172 e. The minimum Gasteiger partial charge on any atom is -0.172 e. The molecule has 0 saturated carbocycles. The molecule has 9 heavy (non-hydrogen) atoms. The molecule has 0 aliphatic rings. The van der Waals surface area contributed by atoms with E-state index in [-0.39, 0.29) is 4.75 Å². The highest BCUT2D eigenvalue weighted by Crippen LogP contribution is 2.31. The molecule has 0 amide bonds. The number of hydrogen-bond acceptors (Lipinski definition) is 1. The molecule has 0 aliphatic heterocycles. The lowest BCUT2D eigenvalue weighted by Gasteiger charge is -2.32. The third-order valence-electron chi connectivity index (χ3n) is 2.34. The van der Waals surface area contributed by atoms with E-state index in [0.717, 1.165) is 0 Å². The Morgan fingerprint density at radius 2 is 1.22 bits per heavy atom. The normalized spacial score (nSPS) is 13.3. The zero-order chi connectivity index (χ0) is 7.65. The Morgan fingerprint density at radius 1 is 1.00 bits per heavy atom. The van der Waals surface area contributed by atoms with Crippen molar-refractivity contribution in [3.63, 3.8) is 0 Å². The molecule has 56 valence electrons. The Hall–Kier alpha value is 0.350. The zero-order valence-corrected chi connectivity index (χ0v) is 8.00. The van der Waals surface area contributed by atoms with Crippen molar-refractivity contribution >= 4 is 12.6 Å². The molecule has 0 rings (SSSR count). The van der Waals surface area contributed by atoms with E-state index < -0.39 is 0 Å². The standard InChI is InChI=1S/C8H18S/c1-6(2)8(5,9)7(3)4/h6-7,9H,1-5H3. The van der Waals surface area contributed by atoms with Crippen LogP contribution < -0.4 is 0 Å². The Bertz CT molecular complexity index is 72.6. The molecule has 0 aromatic heterocycles. The molecule has 0 aromatic carbocycles. The summed E-state index contributed by atoms with van der Waals surface area (Å²) in [6.45, 7) is 11.1. The molecule has 0 atom stereocenters. The van der Waals surface area contributed by atoms with Crippen molar-refractivity contribution in [2.75, 3.05) is 0 Å². The van der Waals surface area contributed by atoms with E-state index >= 15 is 0 Å². The predicted molar refractivity (Wildman–Crippen MR) is 47.1 cm³/mol. The second kappa shape index (κ2) is 2.96. The molecule has 0 fully saturated rings. The maximum atomic E-state index is 4.58. The van der Waals surface area contributed by atoms with Gasteiger partial charge < -0.3 is 0 Å². The van der Waals surface area contributed by atoms with Gasteiger partial charge in [0, 0.05) is 4.75 Å². The second-order valence-corrected chi connectivity index (χ2v) is 4.50. The number of rotatable bonds is 2. The van der Waals surface area contributed by atoms with E-state index in [9.17, 15) is 0 Å². The maximum Gasteiger partial charge on any atom is 0.0147 e. The van der Waals surface area contributed by atoms with E-state index in [4.69, 9.17) is 0 Å². The molecule has 0 aromatic rings. The molecular weight excluding hydrogens is 128 g/mol. The molecule has 1 heteroatoms. The monoisotopic (exact) mass is 146 g/mol. The van der Waals surface area contributed by atoms with Crippen molar-refractivity contribution in [2.24, 2.45) is 11.8 Å². The van der Waals surface area contributed by atoms with E-state index in [0.29, 0.717) is 11.8 Å². The summed E-state index contributed by atoms with van der Waals surface area (Å²) in [6, 6.07) is 0. The van der Waals surface area contributed by atoms with Crippen molar-refractivity contribution in [3.05, 3.63) is 0 Å². The first-order chi connectivity index (χ1) is 3.89. The van der Waals surface area contributed by atoms with Gasteiger partial charge in [0.15, 0.2) is 0 Å². The second-order valence-electron chi connectivity index (χ2n) is 3.54. The van der Waals surface area contributed by atoms with Crippen LogP contribution in [-0.4, -0.2) is 4.75 Å². The van der Waals surface area contributed by atoms with Crippen LogP contribution in [0.25, 0.3) is 0 Å². The van der Waals surface area contributed by atoms with Gasteiger partial charge in [-0.1, -0.05) is 34.6 Å². The predicted octanol–water partition coefficient (Wildman–Crippen LogP) is 2.99. The fraction of sp³-hybridized carbons (Fsp3) is 1.00. The number of hydrogen-bond donors (Lipinski definition) is 1. The van der Waals surface area contributed by atoms with E-state index in [2.05, 4.69) is 47.2 Å². The Labute approximate surface area is 64.4 Å². The third-order valence-corrected chi connectivity index (χ3v) is 3.37. The average Bonchev–Trinajstić information content (AvgIpc) is 1.65. The van der Waals surface area contributed by atoms with Gasteiger partial charge in [-0.2, -0.15) is 12.6 Å². The van der Waals surface area contributed by atoms with Gasteiger partial charge in [-0.3, -0.25) is 0 Å². The lowest BCUT2D eigenvalue weighted by molar-refractivity contribution is 0.364. The van der Waals surface area contributed by atoms with Crippen LogP contribution in [0.2, 0.25) is 0 Å². The van der Waals surface area contributed by atoms with E-state index in [1.165, 1.54) is 0 Å². The Kier molecular flexibility index (Phi) is 3.07. The highest BCUT2D eigenvalue weighted by atomic mass is 32.1. The molecule has 0 N–H and O–H groups in total. The molecular formula is C8H18S. The van der Waals surface area contributed by atoms with Gasteiger partial charge in [0.1, 0.15) is 0 Å². The zero-order valence-electron chi connectivity index (χ0n) is 7.10. The van der Waals surface area contributed by atoms with Gasteiger partial charge in [0.05, 0.1) is 0 Å². The minimum atomic E-state index is 0.194. The van der Waals surface area contributed by atoms with Crippen molar-refractivity contribution in [1.82, 2.24) is 0 Å². The van der Waals surface area contributed by atoms with Crippen molar-refractivity contribution in [3.8, 4) is 0 Å². The lowest BCUT2D eigenvalue weighted by Crippen LogP contribution is -2.30. The topological polar surface area (TPSA) is 0 Å². The van der Waals surface area contributed by atoms with Crippen molar-refractivity contribution < 1.29 is 0 Å². The molecule has 0 heterocycles. The summed E-state index contributed by atoms with van der Waals surface area (Å²) in [5.74, 6) is 1.31. The first-order valence-corrected chi connectivity index (χ1v) is 4.06. The van der Waals surface area contributed by atoms with Crippen LogP contribution >= 0.6 is 12.6 Å². The Morgan fingerprint density at radius 3 is 1.22 bits per heavy atom. The quantitative estimate of drug-likeness (QED) is 0.569. The van der Waals surface area contributed by atoms with Gasteiger partial charge >= 0.3 is 0 Å². The molecule has 0 bridgehead atoms. The van der Waals surface area contributed by atoms with Gasteiger partial charge in [-0.05, 0) is 11.8 Å². The number of thiol groups is 1. The van der Waals surface area contributed by atoms with Crippen LogP contribution in [0.15, 0.2) is 0 Å². The van der Waals surface area contributed by atoms with Gasteiger partial charge in [-0.25, -0.2) is 0 Å². The fourth-order valence-electron chi connectivity index (χ4n) is 0.667. The average molecular weight is 146 g/mol. The van der Waals surface area contributed by atoms with Crippen LogP contribution in [0.5, 0.6) is 0 Å². The van der Waals surface area contributed by atoms with Crippen LogP contribution in [0.4, 0.5) is 0 Å². The summed E-state index contributed by atoms with van der Waals surface area (Å²) in [6.07, 6.45) is 0. The molecule has 0 radical (unpaired) electrons. The van der Waals surface area contributed by atoms with Crippen LogP contribution in [0.1, 0.15) is 34.6 Å². The lowest BCUT2D eigenvalue weighted by atomic mass is 9.86. The minimum absolute atomic E-state index is 0.194. The van der Waals surface area contributed by atoms with Crippen LogP contribution in [0, 0.1) is 11.8 Å². The smallest absolute Gasteiger partial charge is 0.0147 e. The molecule has 0 saturated heterocycles. The summed E-state index contributed by atoms with van der Waals surface area (Å²) < 4.78 is 0.194. The molecule has 0 aliphatic carbocycles. The van der Waals surface area contributed by atoms with Crippen molar-refractivity contribution in [2.45, 2.75) is 39.4 Å². The van der Waals surface area contributed by atoms with Crippen LogP contribution in [0.3, 0.4) is 0 Å². The summed E-state index contributed by atoms with van der Waals surface area (Å²) in [4.78, 5) is 0. The van der Waals surface area contributed by atoms with E-state index in [1.54, 1.807) is 0 Å². The summed E-state index contributed by atoms with van der Waals surface area (Å²) in [5, 5.41) is 0. The molecule has 0 spiro atoms. The highest BCUT2D eigenvalue weighted by Gasteiger charge is 2.26. The fourth-order valence-corrected chi connectivity index (χ4v) is 0.667. The van der Waals surface area contributed by atoms with E-state index in [1.807, 2.05) is 0 Å². The summed E-state index contributed by atoms with van der Waals surface area (Å²) >= 11 is 4.58. The third kappa shape index (κ3) is 2.21. The van der Waals surface area contributed by atoms with Gasteiger partial charge in [0.2, 0.25) is 0 Å². The molecule has 0 nitrogen and oxygen atoms in total. The molecule has 0 unspecified atom stereocenters. The Balaban J connectivity index is 4.01. The van der Waals surface area contributed by atoms with Crippen LogP contribution in [-0.2, 0) is 0 Å². The van der Waals surface area contributed by atoms with Crippen molar-refractivity contribution in [1.29, 1.82) is 0 Å². The van der Waals surface area contributed by atoms with Gasteiger partial charge in [0.25, 0.3) is 0 Å². The first kappa shape index (κ1) is 9.35. The van der Waals surface area contributed by atoms with Gasteiger partial charge in [-0.15, -0.1) is 0 Å². The highest BCUT2D eigenvalue weighted by molar-refractivity contribution is 7.81. The first-order valence-electron chi connectivity index (χ1n) is 3.61. The summed E-state index contributed by atoms with van der Waals surface area (Å²) in [5.41, 5.74) is 0. The summed E-state index contributed by atoms with van der Waals surface area (Å²) in [7, 11) is 0. The maximum absolute atomic E-state index is 4.58.